The van der Waals surface area contributed by atoms with Crippen molar-refractivity contribution < 1.29 is 9.84 Å². The third-order valence-electron chi connectivity index (χ3n) is 3.69. The van der Waals surface area contributed by atoms with Gasteiger partial charge in [0, 0.05) is 6.54 Å². The fourth-order valence-electron chi connectivity index (χ4n) is 2.74. The highest BCUT2D eigenvalue weighted by atomic mass is 16.5. The van der Waals surface area contributed by atoms with E-state index >= 15 is 0 Å². The van der Waals surface area contributed by atoms with Gasteiger partial charge in [0.25, 0.3) is 0 Å². The van der Waals surface area contributed by atoms with Crippen molar-refractivity contribution in [3.05, 3.63) is 48.4 Å². The number of aliphatic hydroxyl groups excluding tert-OH is 1. The van der Waals surface area contributed by atoms with Crippen LogP contribution in [-0.4, -0.2) is 39.7 Å². The Morgan fingerprint density at radius 1 is 1.24 bits per heavy atom. The molecule has 1 aliphatic heterocycles. The first-order valence-corrected chi connectivity index (χ1v) is 7.26. The number of rotatable bonds is 5. The van der Waals surface area contributed by atoms with E-state index in [1.807, 2.05) is 30.3 Å². The average molecular weight is 285 g/mol. The number of β-amino-alcohol motifs (C(OH)–C–C–N with tert-alkyl or cyclic N) is 1. The van der Waals surface area contributed by atoms with Crippen LogP contribution in [0.5, 0.6) is 11.6 Å². The molecule has 1 aromatic heterocycles. The molecule has 0 amide bonds. The van der Waals surface area contributed by atoms with Gasteiger partial charge < -0.3 is 9.84 Å². The van der Waals surface area contributed by atoms with Crippen molar-refractivity contribution in [3.63, 3.8) is 0 Å². The first-order chi connectivity index (χ1) is 10.4. The van der Waals surface area contributed by atoms with E-state index in [4.69, 9.17) is 9.84 Å². The van der Waals surface area contributed by atoms with E-state index in [9.17, 15) is 0 Å². The first-order valence-electron chi connectivity index (χ1n) is 7.26. The normalized spacial score (nSPS) is 18.8. The van der Waals surface area contributed by atoms with Crippen molar-refractivity contribution in [3.8, 4) is 11.6 Å². The van der Waals surface area contributed by atoms with E-state index in [-0.39, 0.29) is 12.6 Å². The zero-order valence-electron chi connectivity index (χ0n) is 11.9. The Kier molecular flexibility index (Phi) is 4.43. The monoisotopic (exact) mass is 285 g/mol. The molecule has 0 saturated carbocycles. The Balaban J connectivity index is 1.77. The maximum Gasteiger partial charge on any atom is 0.238 e. The molecular weight excluding hydrogens is 266 g/mol. The Bertz CT molecular complexity index is 577. The summed E-state index contributed by atoms with van der Waals surface area (Å²) in [4.78, 5) is 11.1. The smallest absolute Gasteiger partial charge is 0.238 e. The fraction of sp³-hybridized carbons (Fsp3) is 0.375. The molecule has 1 fully saturated rings. The predicted octanol–water partition coefficient (Wildman–Crippen LogP) is 2.40. The van der Waals surface area contributed by atoms with E-state index < -0.39 is 0 Å². The Morgan fingerprint density at radius 2 is 2.10 bits per heavy atom. The van der Waals surface area contributed by atoms with Gasteiger partial charge in [0.05, 0.1) is 30.7 Å². The van der Waals surface area contributed by atoms with E-state index in [0.717, 1.165) is 30.8 Å². The molecule has 3 rings (SSSR count). The molecule has 0 aliphatic carbocycles. The van der Waals surface area contributed by atoms with Crippen LogP contribution in [0.3, 0.4) is 0 Å². The van der Waals surface area contributed by atoms with Crippen LogP contribution in [0.15, 0.2) is 42.7 Å². The standard InChI is InChI=1S/C16H19N3O2/c20-10-9-19-8-4-7-15(19)14-11-17-12-16(18-14)21-13-5-2-1-3-6-13/h1-3,5-6,11-12,15,20H,4,7-10H2. The number of aliphatic hydroxyl groups is 1. The molecule has 21 heavy (non-hydrogen) atoms. The second-order valence-electron chi connectivity index (χ2n) is 5.11. The molecule has 0 spiro atoms. The quantitative estimate of drug-likeness (QED) is 0.914. The molecule has 1 unspecified atom stereocenters. The molecule has 0 radical (unpaired) electrons. The highest BCUT2D eigenvalue weighted by Gasteiger charge is 2.27. The van der Waals surface area contributed by atoms with Crippen molar-refractivity contribution in [1.29, 1.82) is 0 Å². The van der Waals surface area contributed by atoms with Crippen LogP contribution in [0.25, 0.3) is 0 Å². The summed E-state index contributed by atoms with van der Waals surface area (Å²) in [6.45, 7) is 1.84. The van der Waals surface area contributed by atoms with Gasteiger partial charge in [-0.3, -0.25) is 9.88 Å². The number of benzene rings is 1. The van der Waals surface area contributed by atoms with Gasteiger partial charge in [0.2, 0.25) is 5.88 Å². The number of likely N-dealkylation sites (tertiary alicyclic amines) is 1. The molecule has 2 heterocycles. The van der Waals surface area contributed by atoms with Gasteiger partial charge in [-0.1, -0.05) is 18.2 Å². The summed E-state index contributed by atoms with van der Waals surface area (Å²) in [5, 5.41) is 9.14. The average Bonchev–Trinajstić information content (AvgIpc) is 2.97. The molecule has 1 aliphatic rings. The third-order valence-corrected chi connectivity index (χ3v) is 3.69. The van der Waals surface area contributed by atoms with E-state index in [1.54, 1.807) is 12.4 Å². The summed E-state index contributed by atoms with van der Waals surface area (Å²) in [6.07, 6.45) is 5.58. The Morgan fingerprint density at radius 3 is 2.90 bits per heavy atom. The molecule has 2 aromatic rings. The first kappa shape index (κ1) is 14.0. The predicted molar refractivity (Wildman–Crippen MR) is 79.2 cm³/mol. The lowest BCUT2D eigenvalue weighted by Crippen LogP contribution is -2.27. The molecule has 110 valence electrons. The van der Waals surface area contributed by atoms with Crippen molar-refractivity contribution in [2.45, 2.75) is 18.9 Å². The van der Waals surface area contributed by atoms with E-state index in [0.29, 0.717) is 12.4 Å². The minimum absolute atomic E-state index is 0.171. The number of ether oxygens (including phenoxy) is 1. The topological polar surface area (TPSA) is 58.5 Å². The maximum absolute atomic E-state index is 9.14. The number of nitrogens with zero attached hydrogens (tertiary/aromatic N) is 3. The van der Waals surface area contributed by atoms with Crippen LogP contribution in [0.1, 0.15) is 24.6 Å². The van der Waals surface area contributed by atoms with Crippen LogP contribution >= 0.6 is 0 Å². The summed E-state index contributed by atoms with van der Waals surface area (Å²) in [5.74, 6) is 1.26. The molecular formula is C16H19N3O2. The Hall–Kier alpha value is -1.98. The number of hydrogen-bond acceptors (Lipinski definition) is 5. The summed E-state index contributed by atoms with van der Waals surface area (Å²) < 4.78 is 5.73. The lowest BCUT2D eigenvalue weighted by Gasteiger charge is -2.22. The van der Waals surface area contributed by atoms with Gasteiger partial charge in [0.15, 0.2) is 0 Å². The minimum atomic E-state index is 0.171. The summed E-state index contributed by atoms with van der Waals surface area (Å²) in [5.41, 5.74) is 0.911. The van der Waals surface area contributed by atoms with Crippen molar-refractivity contribution in [1.82, 2.24) is 14.9 Å². The highest BCUT2D eigenvalue weighted by molar-refractivity contribution is 5.26. The lowest BCUT2D eigenvalue weighted by atomic mass is 10.1. The van der Waals surface area contributed by atoms with Crippen LogP contribution in [0, 0.1) is 0 Å². The third kappa shape index (κ3) is 3.37. The summed E-state index contributed by atoms with van der Waals surface area (Å²) in [7, 11) is 0. The van der Waals surface area contributed by atoms with Gasteiger partial charge >= 0.3 is 0 Å². The number of para-hydroxylation sites is 1. The molecule has 1 saturated heterocycles. The number of aromatic nitrogens is 2. The van der Waals surface area contributed by atoms with Crippen molar-refractivity contribution >= 4 is 0 Å². The largest absolute Gasteiger partial charge is 0.437 e. The highest BCUT2D eigenvalue weighted by Crippen LogP contribution is 2.31. The summed E-state index contributed by atoms with van der Waals surface area (Å²) in [6, 6.07) is 9.80. The van der Waals surface area contributed by atoms with Crippen molar-refractivity contribution in [2.75, 3.05) is 19.7 Å². The zero-order valence-corrected chi connectivity index (χ0v) is 11.9. The lowest BCUT2D eigenvalue weighted by molar-refractivity contribution is 0.183. The Labute approximate surface area is 124 Å². The second kappa shape index (κ2) is 6.65. The molecule has 1 atom stereocenters. The molecule has 0 bridgehead atoms. The molecule has 1 N–H and O–H groups in total. The molecule has 5 nitrogen and oxygen atoms in total. The van der Waals surface area contributed by atoms with Crippen LogP contribution < -0.4 is 4.74 Å². The van der Waals surface area contributed by atoms with Crippen molar-refractivity contribution in [2.24, 2.45) is 0 Å². The van der Waals surface area contributed by atoms with Crippen LogP contribution in [-0.2, 0) is 0 Å². The van der Waals surface area contributed by atoms with Gasteiger partial charge in [-0.25, -0.2) is 4.98 Å². The summed E-state index contributed by atoms with van der Waals surface area (Å²) >= 11 is 0. The fourth-order valence-corrected chi connectivity index (χ4v) is 2.74. The molecule has 5 heteroatoms. The van der Waals surface area contributed by atoms with Crippen LogP contribution in [0.4, 0.5) is 0 Å². The van der Waals surface area contributed by atoms with Gasteiger partial charge in [-0.15, -0.1) is 0 Å². The number of hydrogen-bond donors (Lipinski definition) is 1. The minimum Gasteiger partial charge on any atom is -0.437 e. The van der Waals surface area contributed by atoms with Gasteiger partial charge in [-0.05, 0) is 31.5 Å². The molecule has 1 aromatic carbocycles. The second-order valence-corrected chi connectivity index (χ2v) is 5.11. The van der Waals surface area contributed by atoms with Gasteiger partial charge in [-0.2, -0.15) is 0 Å². The van der Waals surface area contributed by atoms with Gasteiger partial charge in [0.1, 0.15) is 5.75 Å². The maximum atomic E-state index is 9.14. The zero-order chi connectivity index (χ0) is 14.5. The van der Waals surface area contributed by atoms with E-state index in [2.05, 4.69) is 14.9 Å². The van der Waals surface area contributed by atoms with E-state index in [1.165, 1.54) is 0 Å². The van der Waals surface area contributed by atoms with Crippen LogP contribution in [0.2, 0.25) is 0 Å². The SMILES string of the molecule is OCCN1CCCC1c1cncc(Oc2ccccc2)n1.